The highest BCUT2D eigenvalue weighted by molar-refractivity contribution is 4.85. The summed E-state index contributed by atoms with van der Waals surface area (Å²) in [6.45, 7) is 2.31. The van der Waals surface area contributed by atoms with E-state index in [0.29, 0.717) is 6.61 Å². The van der Waals surface area contributed by atoms with E-state index < -0.39 is 0 Å². The standard InChI is InChI=1S/C10H20N4O/c1-15-8-7-14-9-12-13-10(14)5-3-2-4-6-11/h9H,2-8,11H2,1H3. The Morgan fingerprint density at radius 1 is 1.40 bits per heavy atom. The topological polar surface area (TPSA) is 66.0 Å². The van der Waals surface area contributed by atoms with Crippen molar-refractivity contribution in [2.24, 2.45) is 5.73 Å². The largest absolute Gasteiger partial charge is 0.383 e. The summed E-state index contributed by atoms with van der Waals surface area (Å²) in [7, 11) is 1.70. The third kappa shape index (κ3) is 4.40. The molecular weight excluding hydrogens is 192 g/mol. The first-order valence-electron chi connectivity index (χ1n) is 5.44. The third-order valence-electron chi connectivity index (χ3n) is 2.34. The van der Waals surface area contributed by atoms with Crippen LogP contribution in [0.4, 0.5) is 0 Å². The Morgan fingerprint density at radius 3 is 3.00 bits per heavy atom. The first kappa shape index (κ1) is 12.1. The minimum atomic E-state index is 0.702. The molecule has 5 heteroatoms. The molecule has 15 heavy (non-hydrogen) atoms. The normalized spacial score (nSPS) is 10.8. The molecule has 1 aromatic heterocycles. The van der Waals surface area contributed by atoms with Crippen molar-refractivity contribution >= 4 is 0 Å². The van der Waals surface area contributed by atoms with Crippen LogP contribution in [0.25, 0.3) is 0 Å². The van der Waals surface area contributed by atoms with Crippen LogP contribution in [0.3, 0.4) is 0 Å². The molecule has 1 aromatic rings. The first-order chi connectivity index (χ1) is 7.38. The van der Waals surface area contributed by atoms with Crippen molar-refractivity contribution in [2.75, 3.05) is 20.3 Å². The monoisotopic (exact) mass is 212 g/mol. The van der Waals surface area contributed by atoms with Crippen molar-refractivity contribution in [1.29, 1.82) is 0 Å². The molecule has 5 nitrogen and oxygen atoms in total. The van der Waals surface area contributed by atoms with Gasteiger partial charge in [0.05, 0.1) is 6.61 Å². The SMILES string of the molecule is COCCn1cnnc1CCCCCN. The number of aryl methyl sites for hydroxylation is 1. The number of unbranched alkanes of at least 4 members (excludes halogenated alkanes) is 2. The van der Waals surface area contributed by atoms with Gasteiger partial charge in [-0.05, 0) is 19.4 Å². The Labute approximate surface area is 90.6 Å². The molecule has 0 aromatic carbocycles. The van der Waals surface area contributed by atoms with Gasteiger partial charge in [0, 0.05) is 20.1 Å². The summed E-state index contributed by atoms with van der Waals surface area (Å²) in [5.41, 5.74) is 5.43. The summed E-state index contributed by atoms with van der Waals surface area (Å²) in [5, 5.41) is 8.00. The van der Waals surface area contributed by atoms with Gasteiger partial charge < -0.3 is 15.0 Å². The number of methoxy groups -OCH3 is 1. The van der Waals surface area contributed by atoms with Gasteiger partial charge in [0.1, 0.15) is 12.2 Å². The van der Waals surface area contributed by atoms with Crippen LogP contribution in [0.2, 0.25) is 0 Å². The van der Waals surface area contributed by atoms with Crippen molar-refractivity contribution in [3.05, 3.63) is 12.2 Å². The lowest BCUT2D eigenvalue weighted by Gasteiger charge is -2.05. The van der Waals surface area contributed by atoms with E-state index in [-0.39, 0.29) is 0 Å². The minimum Gasteiger partial charge on any atom is -0.383 e. The average molecular weight is 212 g/mol. The summed E-state index contributed by atoms with van der Waals surface area (Å²) in [5.74, 6) is 1.05. The molecule has 0 saturated heterocycles. The van der Waals surface area contributed by atoms with Gasteiger partial charge in [-0.25, -0.2) is 0 Å². The molecule has 0 atom stereocenters. The van der Waals surface area contributed by atoms with E-state index in [4.69, 9.17) is 10.5 Å². The van der Waals surface area contributed by atoms with E-state index in [9.17, 15) is 0 Å². The Hall–Kier alpha value is -0.940. The lowest BCUT2D eigenvalue weighted by molar-refractivity contribution is 0.186. The van der Waals surface area contributed by atoms with Crippen LogP contribution in [-0.4, -0.2) is 35.0 Å². The van der Waals surface area contributed by atoms with Crippen LogP contribution >= 0.6 is 0 Å². The van der Waals surface area contributed by atoms with E-state index >= 15 is 0 Å². The number of nitrogens with zero attached hydrogens (tertiary/aromatic N) is 3. The maximum absolute atomic E-state index is 5.43. The van der Waals surface area contributed by atoms with E-state index in [1.165, 1.54) is 0 Å². The zero-order valence-electron chi connectivity index (χ0n) is 9.35. The highest BCUT2D eigenvalue weighted by atomic mass is 16.5. The minimum absolute atomic E-state index is 0.702. The van der Waals surface area contributed by atoms with Crippen molar-refractivity contribution < 1.29 is 4.74 Å². The first-order valence-corrected chi connectivity index (χ1v) is 5.44. The second-order valence-corrected chi connectivity index (χ2v) is 3.53. The number of ether oxygens (including phenoxy) is 1. The van der Waals surface area contributed by atoms with Crippen LogP contribution in [0.15, 0.2) is 6.33 Å². The lowest BCUT2D eigenvalue weighted by Crippen LogP contribution is -2.08. The molecule has 0 bridgehead atoms. The van der Waals surface area contributed by atoms with Gasteiger partial charge in [-0.15, -0.1) is 10.2 Å². The number of hydrogen-bond acceptors (Lipinski definition) is 4. The third-order valence-corrected chi connectivity index (χ3v) is 2.34. The van der Waals surface area contributed by atoms with Gasteiger partial charge in [0.15, 0.2) is 0 Å². The molecule has 0 aliphatic carbocycles. The van der Waals surface area contributed by atoms with Crippen LogP contribution in [0.1, 0.15) is 25.1 Å². The number of rotatable bonds is 8. The fourth-order valence-corrected chi connectivity index (χ4v) is 1.45. The molecule has 1 rings (SSSR count). The molecule has 0 aliphatic rings. The molecule has 0 fully saturated rings. The van der Waals surface area contributed by atoms with Gasteiger partial charge in [0.25, 0.3) is 0 Å². The number of aromatic nitrogens is 3. The molecular formula is C10H20N4O. The van der Waals surface area contributed by atoms with Crippen molar-refractivity contribution in [3.8, 4) is 0 Å². The molecule has 0 aliphatic heterocycles. The van der Waals surface area contributed by atoms with Gasteiger partial charge in [-0.1, -0.05) is 6.42 Å². The molecule has 2 N–H and O–H groups in total. The Morgan fingerprint density at radius 2 is 2.27 bits per heavy atom. The Balaban J connectivity index is 2.29. The highest BCUT2D eigenvalue weighted by Gasteiger charge is 2.02. The van der Waals surface area contributed by atoms with Gasteiger partial charge in [0.2, 0.25) is 0 Å². The molecule has 0 spiro atoms. The fourth-order valence-electron chi connectivity index (χ4n) is 1.45. The van der Waals surface area contributed by atoms with Crippen LogP contribution < -0.4 is 5.73 Å². The number of nitrogens with two attached hydrogens (primary N) is 1. The van der Waals surface area contributed by atoms with E-state index in [1.54, 1.807) is 13.4 Å². The van der Waals surface area contributed by atoms with Gasteiger partial charge in [-0.2, -0.15) is 0 Å². The number of hydrogen-bond donors (Lipinski definition) is 1. The average Bonchev–Trinajstić information content (AvgIpc) is 2.69. The van der Waals surface area contributed by atoms with E-state index in [0.717, 1.165) is 44.6 Å². The Kier molecular flexibility index (Phi) is 5.96. The van der Waals surface area contributed by atoms with Crippen LogP contribution in [0, 0.1) is 0 Å². The predicted octanol–water partition coefficient (Wildman–Crippen LogP) is 0.596. The lowest BCUT2D eigenvalue weighted by atomic mass is 10.2. The quantitative estimate of drug-likeness (QED) is 0.641. The fraction of sp³-hybridized carbons (Fsp3) is 0.800. The van der Waals surface area contributed by atoms with Crippen molar-refractivity contribution in [3.63, 3.8) is 0 Å². The van der Waals surface area contributed by atoms with E-state index in [1.807, 2.05) is 4.57 Å². The van der Waals surface area contributed by atoms with Gasteiger partial charge in [-0.3, -0.25) is 0 Å². The zero-order chi connectivity index (χ0) is 10.9. The summed E-state index contributed by atoms with van der Waals surface area (Å²) >= 11 is 0. The van der Waals surface area contributed by atoms with Crippen LogP contribution in [-0.2, 0) is 17.7 Å². The molecule has 0 unspecified atom stereocenters. The van der Waals surface area contributed by atoms with Gasteiger partial charge >= 0.3 is 0 Å². The van der Waals surface area contributed by atoms with Crippen LogP contribution in [0.5, 0.6) is 0 Å². The maximum Gasteiger partial charge on any atom is 0.132 e. The molecule has 0 amide bonds. The smallest absolute Gasteiger partial charge is 0.132 e. The predicted molar refractivity (Wildman–Crippen MR) is 58.5 cm³/mol. The second kappa shape index (κ2) is 7.36. The molecule has 86 valence electrons. The zero-order valence-corrected chi connectivity index (χ0v) is 9.35. The summed E-state index contributed by atoms with van der Waals surface area (Å²) in [6.07, 6.45) is 6.11. The molecule has 1 heterocycles. The summed E-state index contributed by atoms with van der Waals surface area (Å²) < 4.78 is 7.07. The van der Waals surface area contributed by atoms with E-state index in [2.05, 4.69) is 10.2 Å². The van der Waals surface area contributed by atoms with Crippen molar-refractivity contribution in [1.82, 2.24) is 14.8 Å². The molecule has 0 saturated carbocycles. The summed E-state index contributed by atoms with van der Waals surface area (Å²) in [4.78, 5) is 0. The van der Waals surface area contributed by atoms with Crippen molar-refractivity contribution in [2.45, 2.75) is 32.2 Å². The second-order valence-electron chi connectivity index (χ2n) is 3.53. The highest BCUT2D eigenvalue weighted by Crippen LogP contribution is 2.03. The maximum atomic E-state index is 5.43. The summed E-state index contributed by atoms with van der Waals surface area (Å²) in [6, 6.07) is 0. The Bertz CT molecular complexity index is 262. The molecule has 0 radical (unpaired) electrons.